The van der Waals surface area contributed by atoms with Gasteiger partial charge in [-0.15, -0.1) is 0 Å². The standard InChI is InChI=1S/C28H29BrN2O3/c1-3-4-5-16-33-23-13-8-20(9-14-23)28-31-26(24-17-21(29)10-15-27(24)34-28)18-25(30-31)19-6-11-22(32-2)12-7-19/h6-15,17,26,28H,3-5,16,18H2,1-2H3. The molecule has 0 aromatic heterocycles. The molecule has 5 rings (SSSR count). The summed E-state index contributed by atoms with van der Waals surface area (Å²) in [5, 5.41) is 7.15. The number of methoxy groups -OCH3 is 1. The first-order valence-corrected chi connectivity index (χ1v) is 12.6. The lowest BCUT2D eigenvalue weighted by atomic mass is 9.96. The predicted molar refractivity (Wildman–Crippen MR) is 138 cm³/mol. The van der Waals surface area contributed by atoms with Crippen LogP contribution in [-0.2, 0) is 0 Å². The van der Waals surface area contributed by atoms with Gasteiger partial charge in [-0.1, -0.05) is 35.7 Å². The Balaban J connectivity index is 1.43. The van der Waals surface area contributed by atoms with Gasteiger partial charge >= 0.3 is 0 Å². The van der Waals surface area contributed by atoms with Gasteiger partial charge in [0, 0.05) is 22.0 Å². The Kier molecular flexibility index (Phi) is 6.77. The van der Waals surface area contributed by atoms with E-state index in [2.05, 4.69) is 58.2 Å². The van der Waals surface area contributed by atoms with Gasteiger partial charge in [0.15, 0.2) is 0 Å². The van der Waals surface area contributed by atoms with Crippen molar-refractivity contribution in [1.29, 1.82) is 0 Å². The third-order valence-corrected chi connectivity index (χ3v) is 6.85. The molecule has 5 nitrogen and oxygen atoms in total. The van der Waals surface area contributed by atoms with Crippen molar-refractivity contribution < 1.29 is 14.2 Å². The van der Waals surface area contributed by atoms with E-state index in [0.717, 1.165) is 63.6 Å². The summed E-state index contributed by atoms with van der Waals surface area (Å²) >= 11 is 3.62. The molecule has 0 fully saturated rings. The van der Waals surface area contributed by atoms with Crippen LogP contribution < -0.4 is 14.2 Å². The Morgan fingerprint density at radius 3 is 2.50 bits per heavy atom. The summed E-state index contributed by atoms with van der Waals surface area (Å²) in [7, 11) is 1.68. The van der Waals surface area contributed by atoms with Gasteiger partial charge in [-0.25, -0.2) is 5.01 Å². The lowest BCUT2D eigenvalue weighted by Crippen LogP contribution is -2.33. The molecular weight excluding hydrogens is 492 g/mol. The molecule has 2 atom stereocenters. The van der Waals surface area contributed by atoms with Crippen molar-refractivity contribution in [2.45, 2.75) is 44.9 Å². The van der Waals surface area contributed by atoms with E-state index in [9.17, 15) is 0 Å². The van der Waals surface area contributed by atoms with Gasteiger partial charge in [-0.3, -0.25) is 0 Å². The Hall–Kier alpha value is -2.99. The SMILES string of the molecule is CCCCCOc1ccc(C2Oc3ccc(Br)cc3C3CC(c4ccc(OC)cc4)=NN32)cc1. The van der Waals surface area contributed by atoms with Crippen molar-refractivity contribution in [3.63, 3.8) is 0 Å². The molecule has 176 valence electrons. The highest BCUT2D eigenvalue weighted by Crippen LogP contribution is 2.48. The minimum absolute atomic E-state index is 0.105. The van der Waals surface area contributed by atoms with Crippen LogP contribution in [-0.4, -0.2) is 24.4 Å². The number of unbranched alkanes of at least 4 members (excludes halogenated alkanes) is 2. The van der Waals surface area contributed by atoms with E-state index in [1.807, 2.05) is 36.4 Å². The second-order valence-corrected chi connectivity index (χ2v) is 9.57. The van der Waals surface area contributed by atoms with E-state index in [4.69, 9.17) is 19.3 Å². The van der Waals surface area contributed by atoms with Crippen molar-refractivity contribution in [2.24, 2.45) is 5.10 Å². The van der Waals surface area contributed by atoms with Gasteiger partial charge in [0.25, 0.3) is 0 Å². The van der Waals surface area contributed by atoms with E-state index in [0.29, 0.717) is 0 Å². The van der Waals surface area contributed by atoms with Gasteiger partial charge < -0.3 is 14.2 Å². The first kappa shape index (κ1) is 22.8. The summed E-state index contributed by atoms with van der Waals surface area (Å²) in [4.78, 5) is 0. The number of halogens is 1. The van der Waals surface area contributed by atoms with Gasteiger partial charge in [0.05, 0.1) is 25.5 Å². The molecule has 2 unspecified atom stereocenters. The van der Waals surface area contributed by atoms with Crippen LogP contribution in [0.2, 0.25) is 0 Å². The van der Waals surface area contributed by atoms with Gasteiger partial charge in [0.1, 0.15) is 17.2 Å². The summed E-state index contributed by atoms with van der Waals surface area (Å²) < 4.78 is 18.8. The molecular formula is C28H29BrN2O3. The number of benzene rings is 3. The topological polar surface area (TPSA) is 43.3 Å². The molecule has 2 aliphatic heterocycles. The largest absolute Gasteiger partial charge is 0.497 e. The summed E-state index contributed by atoms with van der Waals surface area (Å²) in [5.41, 5.74) is 4.35. The first-order valence-electron chi connectivity index (χ1n) is 11.9. The van der Waals surface area contributed by atoms with Gasteiger partial charge in [0.2, 0.25) is 6.23 Å². The van der Waals surface area contributed by atoms with E-state index < -0.39 is 0 Å². The molecule has 0 radical (unpaired) electrons. The van der Waals surface area contributed by atoms with Crippen molar-refractivity contribution in [3.8, 4) is 17.2 Å². The van der Waals surface area contributed by atoms with Crippen LogP contribution in [0.15, 0.2) is 76.3 Å². The zero-order valence-electron chi connectivity index (χ0n) is 19.5. The zero-order valence-corrected chi connectivity index (χ0v) is 21.1. The van der Waals surface area contributed by atoms with Crippen LogP contribution in [0.3, 0.4) is 0 Å². The van der Waals surface area contributed by atoms with Crippen LogP contribution in [0, 0.1) is 0 Å². The molecule has 6 heteroatoms. The maximum absolute atomic E-state index is 6.50. The monoisotopic (exact) mass is 520 g/mol. The molecule has 0 saturated carbocycles. The molecule has 0 amide bonds. The number of hydrogen-bond acceptors (Lipinski definition) is 5. The molecule has 3 aromatic carbocycles. The highest BCUT2D eigenvalue weighted by atomic mass is 79.9. The fraction of sp³-hybridized carbons (Fsp3) is 0.321. The predicted octanol–water partition coefficient (Wildman–Crippen LogP) is 7.27. The van der Waals surface area contributed by atoms with Crippen LogP contribution in [0.5, 0.6) is 17.2 Å². The lowest BCUT2D eigenvalue weighted by Gasteiger charge is -2.38. The van der Waals surface area contributed by atoms with Crippen molar-refractivity contribution in [2.75, 3.05) is 13.7 Å². The summed E-state index contributed by atoms with van der Waals surface area (Å²) in [6.45, 7) is 2.95. The molecule has 3 aromatic rings. The number of hydrogen-bond donors (Lipinski definition) is 0. The summed E-state index contributed by atoms with van der Waals surface area (Å²) in [6, 6.07) is 22.6. The third-order valence-electron chi connectivity index (χ3n) is 6.36. The van der Waals surface area contributed by atoms with E-state index in [1.165, 1.54) is 12.8 Å². The summed E-state index contributed by atoms with van der Waals surface area (Å²) in [6.07, 6.45) is 3.97. The second-order valence-electron chi connectivity index (χ2n) is 8.65. The fourth-order valence-corrected chi connectivity index (χ4v) is 4.89. The highest BCUT2D eigenvalue weighted by molar-refractivity contribution is 9.10. The quantitative estimate of drug-likeness (QED) is 0.293. The molecule has 0 saturated heterocycles. The molecule has 0 spiro atoms. The van der Waals surface area contributed by atoms with Crippen LogP contribution >= 0.6 is 15.9 Å². The molecule has 2 heterocycles. The van der Waals surface area contributed by atoms with Gasteiger partial charge in [-0.2, -0.15) is 5.10 Å². The van der Waals surface area contributed by atoms with Crippen molar-refractivity contribution in [3.05, 3.63) is 87.9 Å². The average Bonchev–Trinajstić information content (AvgIpc) is 3.33. The first-order chi connectivity index (χ1) is 16.7. The maximum atomic E-state index is 6.50. The number of rotatable bonds is 8. The second kappa shape index (κ2) is 10.1. The number of ether oxygens (including phenoxy) is 3. The molecule has 0 N–H and O–H groups in total. The van der Waals surface area contributed by atoms with Crippen LogP contribution in [0.4, 0.5) is 0 Å². The smallest absolute Gasteiger partial charge is 0.213 e. The average molecular weight is 521 g/mol. The van der Waals surface area contributed by atoms with Gasteiger partial charge in [-0.05, 0) is 78.7 Å². The van der Waals surface area contributed by atoms with Crippen molar-refractivity contribution in [1.82, 2.24) is 5.01 Å². The molecule has 34 heavy (non-hydrogen) atoms. The van der Waals surface area contributed by atoms with Crippen LogP contribution in [0.1, 0.15) is 61.6 Å². The number of nitrogens with zero attached hydrogens (tertiary/aromatic N) is 2. The Morgan fingerprint density at radius 2 is 1.76 bits per heavy atom. The third kappa shape index (κ3) is 4.64. The normalized spacial score (nSPS) is 18.6. The molecule has 0 bridgehead atoms. The molecule has 2 aliphatic rings. The maximum Gasteiger partial charge on any atom is 0.213 e. The fourth-order valence-electron chi connectivity index (χ4n) is 4.51. The number of fused-ring (bicyclic) bond motifs is 3. The Bertz CT molecular complexity index is 1160. The van der Waals surface area contributed by atoms with Crippen LogP contribution in [0.25, 0.3) is 0 Å². The number of hydrazone groups is 1. The lowest BCUT2D eigenvalue weighted by molar-refractivity contribution is -0.0191. The van der Waals surface area contributed by atoms with E-state index in [1.54, 1.807) is 7.11 Å². The van der Waals surface area contributed by atoms with E-state index in [-0.39, 0.29) is 12.3 Å². The zero-order chi connectivity index (χ0) is 23.5. The van der Waals surface area contributed by atoms with Crippen molar-refractivity contribution >= 4 is 21.6 Å². The summed E-state index contributed by atoms with van der Waals surface area (Å²) in [5.74, 6) is 2.63. The minimum Gasteiger partial charge on any atom is -0.497 e. The minimum atomic E-state index is -0.302. The Morgan fingerprint density at radius 1 is 1.00 bits per heavy atom. The van der Waals surface area contributed by atoms with E-state index >= 15 is 0 Å². The molecule has 0 aliphatic carbocycles. The highest BCUT2D eigenvalue weighted by Gasteiger charge is 2.41. The Labute approximate surface area is 209 Å².